The molecule has 1 rings (SSSR count). The van der Waals surface area contributed by atoms with E-state index in [1.807, 2.05) is 0 Å². The van der Waals surface area contributed by atoms with Crippen LogP contribution in [0.3, 0.4) is 0 Å². The maximum Gasteiger partial charge on any atom is 0.508 e. The van der Waals surface area contributed by atoms with Crippen molar-refractivity contribution in [2.45, 2.75) is 0 Å². The molecule has 0 aromatic carbocycles. The molecule has 1 amide bonds. The Balaban J connectivity index is 2.07. The Bertz CT molecular complexity index is 253. The van der Waals surface area contributed by atoms with E-state index in [0.717, 1.165) is 0 Å². The van der Waals surface area contributed by atoms with Gasteiger partial charge in [-0.05, 0) is 0 Å². The molecule has 0 spiro atoms. The van der Waals surface area contributed by atoms with Crippen LogP contribution >= 0.6 is 0 Å². The second kappa shape index (κ2) is 5.90. The first-order chi connectivity index (χ1) is 7.24. The van der Waals surface area contributed by atoms with Gasteiger partial charge in [0.05, 0.1) is 13.1 Å². The fourth-order valence-electron chi connectivity index (χ4n) is 1.04. The second-order valence-corrected chi connectivity index (χ2v) is 2.80. The molecule has 1 heterocycles. The Labute approximate surface area is 87.4 Å². The molecule has 0 N–H and O–H groups in total. The molecule has 1 saturated heterocycles. The molecule has 0 aliphatic carbocycles. The lowest BCUT2D eigenvalue weighted by molar-refractivity contribution is 0.0580. The summed E-state index contributed by atoms with van der Waals surface area (Å²) in [5.41, 5.74) is 0. The highest BCUT2D eigenvalue weighted by molar-refractivity contribution is 5.69. The highest BCUT2D eigenvalue weighted by Crippen LogP contribution is 2.02. The molecular formula is C9H13NO5. The van der Waals surface area contributed by atoms with Crippen molar-refractivity contribution in [1.29, 1.82) is 0 Å². The number of cyclic esters (lactones) is 1. The van der Waals surface area contributed by atoms with Gasteiger partial charge in [-0.3, -0.25) is 0 Å². The van der Waals surface area contributed by atoms with E-state index in [9.17, 15) is 9.59 Å². The molecule has 1 aliphatic rings. The first kappa shape index (κ1) is 11.4. The molecule has 0 saturated carbocycles. The van der Waals surface area contributed by atoms with E-state index >= 15 is 0 Å². The summed E-state index contributed by atoms with van der Waals surface area (Å²) >= 11 is 0. The van der Waals surface area contributed by atoms with Crippen molar-refractivity contribution in [2.24, 2.45) is 0 Å². The first-order valence-electron chi connectivity index (χ1n) is 4.56. The normalized spacial score (nSPS) is 14.7. The smallest absolute Gasteiger partial charge is 0.448 e. The average molecular weight is 215 g/mol. The summed E-state index contributed by atoms with van der Waals surface area (Å²) < 4.78 is 14.0. The zero-order chi connectivity index (χ0) is 11.1. The highest BCUT2D eigenvalue weighted by Gasteiger charge is 2.21. The summed E-state index contributed by atoms with van der Waals surface area (Å²) in [5, 5.41) is 0. The third-order valence-corrected chi connectivity index (χ3v) is 1.75. The minimum atomic E-state index is -0.762. The summed E-state index contributed by atoms with van der Waals surface area (Å²) in [6.07, 6.45) is 0.305. The van der Waals surface area contributed by atoms with Crippen LogP contribution in [0.15, 0.2) is 12.7 Å². The number of rotatable bonds is 5. The van der Waals surface area contributed by atoms with Crippen molar-refractivity contribution >= 4 is 12.2 Å². The van der Waals surface area contributed by atoms with Gasteiger partial charge in [0.1, 0.15) is 19.8 Å². The standard InChI is InChI=1S/C9H13NO5/c1-2-5-14-9(12)15-7-4-10-3-6-13-8(10)11/h2H,1,3-7H2. The summed E-state index contributed by atoms with van der Waals surface area (Å²) in [6.45, 7) is 4.84. The number of ether oxygens (including phenoxy) is 3. The fourth-order valence-corrected chi connectivity index (χ4v) is 1.04. The summed E-state index contributed by atoms with van der Waals surface area (Å²) in [6, 6.07) is 0. The van der Waals surface area contributed by atoms with E-state index < -0.39 is 6.16 Å². The van der Waals surface area contributed by atoms with E-state index in [2.05, 4.69) is 16.1 Å². The van der Waals surface area contributed by atoms with Gasteiger partial charge in [0.25, 0.3) is 0 Å². The molecule has 6 heteroatoms. The second-order valence-electron chi connectivity index (χ2n) is 2.80. The minimum Gasteiger partial charge on any atom is -0.448 e. The van der Waals surface area contributed by atoms with Crippen LogP contribution < -0.4 is 0 Å². The van der Waals surface area contributed by atoms with Crippen LogP contribution in [-0.2, 0) is 14.2 Å². The van der Waals surface area contributed by atoms with Crippen LogP contribution in [0.1, 0.15) is 0 Å². The van der Waals surface area contributed by atoms with Gasteiger partial charge in [0.2, 0.25) is 0 Å². The average Bonchev–Trinajstić information content (AvgIpc) is 2.61. The molecule has 84 valence electrons. The van der Waals surface area contributed by atoms with Crippen molar-refractivity contribution in [2.75, 3.05) is 32.9 Å². The van der Waals surface area contributed by atoms with Crippen molar-refractivity contribution in [3.05, 3.63) is 12.7 Å². The van der Waals surface area contributed by atoms with Crippen LogP contribution in [0, 0.1) is 0 Å². The van der Waals surface area contributed by atoms with Gasteiger partial charge in [0.15, 0.2) is 0 Å². The fraction of sp³-hybridized carbons (Fsp3) is 0.556. The number of amides is 1. The van der Waals surface area contributed by atoms with Crippen LogP contribution in [0.5, 0.6) is 0 Å². The Morgan fingerprint density at radius 2 is 2.40 bits per heavy atom. The lowest BCUT2D eigenvalue weighted by Gasteiger charge is -2.11. The lowest BCUT2D eigenvalue weighted by Crippen LogP contribution is -2.29. The topological polar surface area (TPSA) is 65.1 Å². The number of carbonyl (C=O) groups excluding carboxylic acids is 2. The Kier molecular flexibility index (Phi) is 4.46. The van der Waals surface area contributed by atoms with E-state index in [1.165, 1.54) is 11.0 Å². The van der Waals surface area contributed by atoms with E-state index in [4.69, 9.17) is 4.74 Å². The van der Waals surface area contributed by atoms with E-state index in [-0.39, 0.29) is 19.3 Å². The van der Waals surface area contributed by atoms with Gasteiger partial charge in [0, 0.05) is 0 Å². The molecule has 0 bridgehead atoms. The SMILES string of the molecule is C=CCOC(=O)OCCN1CCOC1=O. The molecule has 0 atom stereocenters. The number of hydrogen-bond donors (Lipinski definition) is 0. The third kappa shape index (κ3) is 3.88. The maximum atomic E-state index is 10.9. The van der Waals surface area contributed by atoms with E-state index in [1.54, 1.807) is 0 Å². The van der Waals surface area contributed by atoms with Gasteiger partial charge in [-0.2, -0.15) is 0 Å². The largest absolute Gasteiger partial charge is 0.508 e. The summed E-state index contributed by atoms with van der Waals surface area (Å²) in [7, 11) is 0. The maximum absolute atomic E-state index is 10.9. The van der Waals surface area contributed by atoms with Gasteiger partial charge >= 0.3 is 12.2 Å². The van der Waals surface area contributed by atoms with Gasteiger partial charge in [-0.15, -0.1) is 0 Å². The molecule has 0 aromatic rings. The first-order valence-corrected chi connectivity index (χ1v) is 4.56. The molecule has 6 nitrogen and oxygen atoms in total. The summed E-state index contributed by atoms with van der Waals surface area (Å²) in [5.74, 6) is 0. The third-order valence-electron chi connectivity index (χ3n) is 1.75. The molecular weight excluding hydrogens is 202 g/mol. The Hall–Kier alpha value is -1.72. The van der Waals surface area contributed by atoms with E-state index in [0.29, 0.717) is 19.7 Å². The minimum absolute atomic E-state index is 0.102. The number of nitrogens with zero attached hydrogens (tertiary/aromatic N) is 1. The van der Waals surface area contributed by atoms with Crippen molar-refractivity contribution in [3.63, 3.8) is 0 Å². The van der Waals surface area contributed by atoms with Crippen LogP contribution in [0.4, 0.5) is 9.59 Å². The quantitative estimate of drug-likeness (QED) is 0.500. The molecule has 0 aromatic heterocycles. The van der Waals surface area contributed by atoms with Crippen LogP contribution in [0.2, 0.25) is 0 Å². The predicted octanol–water partition coefficient (Wildman–Crippen LogP) is 0.778. The molecule has 0 unspecified atom stereocenters. The van der Waals surface area contributed by atoms with Gasteiger partial charge < -0.3 is 19.1 Å². The number of hydrogen-bond acceptors (Lipinski definition) is 5. The summed E-state index contributed by atoms with van der Waals surface area (Å²) in [4.78, 5) is 23.2. The molecule has 0 radical (unpaired) electrons. The zero-order valence-electron chi connectivity index (χ0n) is 8.31. The zero-order valence-corrected chi connectivity index (χ0v) is 8.31. The van der Waals surface area contributed by atoms with Crippen molar-refractivity contribution in [3.8, 4) is 0 Å². The Morgan fingerprint density at radius 1 is 1.60 bits per heavy atom. The monoisotopic (exact) mass is 215 g/mol. The van der Waals surface area contributed by atoms with Gasteiger partial charge in [-0.1, -0.05) is 12.7 Å². The predicted molar refractivity (Wildman–Crippen MR) is 50.4 cm³/mol. The number of carbonyl (C=O) groups is 2. The molecule has 1 aliphatic heterocycles. The molecule has 1 fully saturated rings. The van der Waals surface area contributed by atoms with Crippen molar-refractivity contribution < 1.29 is 23.8 Å². The molecule has 15 heavy (non-hydrogen) atoms. The Morgan fingerprint density at radius 3 is 3.00 bits per heavy atom. The highest BCUT2D eigenvalue weighted by atomic mass is 16.7. The van der Waals surface area contributed by atoms with Crippen LogP contribution in [-0.4, -0.2) is 50.1 Å². The van der Waals surface area contributed by atoms with Gasteiger partial charge in [-0.25, -0.2) is 9.59 Å². The van der Waals surface area contributed by atoms with Crippen molar-refractivity contribution in [1.82, 2.24) is 4.90 Å². The van der Waals surface area contributed by atoms with Crippen LogP contribution in [0.25, 0.3) is 0 Å². The lowest BCUT2D eigenvalue weighted by atomic mass is 10.5.